The van der Waals surface area contributed by atoms with Crippen LogP contribution in [0.5, 0.6) is 11.5 Å². The van der Waals surface area contributed by atoms with Crippen molar-refractivity contribution < 1.29 is 23.8 Å². The molecule has 0 aromatic heterocycles. The quantitative estimate of drug-likeness (QED) is 0.364. The normalized spacial score (nSPS) is 10.2. The average Bonchev–Trinajstić information content (AvgIpc) is 2.37. The maximum absolute atomic E-state index is 11.0. The number of methoxy groups -OCH3 is 2. The molecule has 5 nitrogen and oxygen atoms in total. The molecule has 0 aliphatic heterocycles. The lowest BCUT2D eigenvalue weighted by molar-refractivity contribution is -0.107. The molecule has 0 amide bonds. The van der Waals surface area contributed by atoms with E-state index in [1.54, 1.807) is 12.1 Å². The number of carbonyl (C=O) groups excluding carboxylic acids is 2. The van der Waals surface area contributed by atoms with Gasteiger partial charge in [0.25, 0.3) is 0 Å². The maximum Gasteiger partial charge on any atom is 0.513 e. The molecule has 18 heavy (non-hydrogen) atoms. The maximum atomic E-state index is 11.0. The first-order valence-corrected chi connectivity index (χ1v) is 5.26. The van der Waals surface area contributed by atoms with Gasteiger partial charge in [-0.05, 0) is 35.4 Å². The van der Waals surface area contributed by atoms with E-state index >= 15 is 0 Å². The van der Waals surface area contributed by atoms with Gasteiger partial charge in [-0.15, -0.1) is 0 Å². The van der Waals surface area contributed by atoms with E-state index in [1.807, 2.05) is 0 Å². The van der Waals surface area contributed by atoms with Crippen LogP contribution < -0.4 is 9.47 Å². The van der Waals surface area contributed by atoms with Crippen molar-refractivity contribution in [3.63, 3.8) is 0 Å². The molecule has 0 saturated carbocycles. The first-order valence-electron chi connectivity index (χ1n) is 4.88. The van der Waals surface area contributed by atoms with Crippen molar-refractivity contribution in [1.29, 1.82) is 0 Å². The van der Waals surface area contributed by atoms with Crippen LogP contribution in [0.2, 0.25) is 0 Å². The van der Waals surface area contributed by atoms with Crippen LogP contribution in [0.4, 0.5) is 4.79 Å². The minimum atomic E-state index is -0.840. The molecule has 0 aliphatic carbocycles. The Kier molecular flexibility index (Phi) is 5.20. The van der Waals surface area contributed by atoms with E-state index in [-0.39, 0.29) is 5.75 Å². The van der Waals surface area contributed by atoms with Gasteiger partial charge in [-0.3, -0.25) is 4.79 Å². The van der Waals surface area contributed by atoms with Crippen LogP contribution in [0.15, 0.2) is 24.3 Å². The second kappa shape index (κ2) is 6.66. The summed E-state index contributed by atoms with van der Waals surface area (Å²) < 4.78 is 14.3. The number of hydrogen-bond donors (Lipinski definition) is 0. The van der Waals surface area contributed by atoms with E-state index in [4.69, 9.17) is 21.1 Å². The number of allylic oxidation sites excluding steroid dienone is 1. The minimum Gasteiger partial charge on any atom is -0.493 e. The highest BCUT2D eigenvalue weighted by Gasteiger charge is 2.10. The number of benzene rings is 1. The van der Waals surface area contributed by atoms with Crippen LogP contribution in [0, 0.1) is 0 Å². The number of carbonyl (C=O) groups is 2. The number of halogens is 1. The molecule has 0 unspecified atom stereocenters. The smallest absolute Gasteiger partial charge is 0.493 e. The fraction of sp³-hybridized carbons (Fsp3) is 0.167. The molecule has 0 N–H and O–H groups in total. The van der Waals surface area contributed by atoms with Gasteiger partial charge in [0, 0.05) is 0 Å². The van der Waals surface area contributed by atoms with E-state index in [0.717, 1.165) is 0 Å². The first-order chi connectivity index (χ1) is 8.56. The zero-order valence-electron chi connectivity index (χ0n) is 9.81. The van der Waals surface area contributed by atoms with Crippen LogP contribution in [-0.2, 0) is 9.53 Å². The largest absolute Gasteiger partial charge is 0.513 e. The molecule has 0 fully saturated rings. The fourth-order valence-electron chi connectivity index (χ4n) is 1.17. The number of hydrogen-bond acceptors (Lipinski definition) is 5. The Bertz CT molecular complexity index is 481. The molecule has 1 aromatic rings. The lowest BCUT2D eigenvalue weighted by Gasteiger charge is -2.08. The van der Waals surface area contributed by atoms with Gasteiger partial charge < -0.3 is 14.2 Å². The van der Waals surface area contributed by atoms with Gasteiger partial charge in [0.05, 0.1) is 14.2 Å². The molecule has 0 spiro atoms. The number of ether oxygens (including phenoxy) is 3. The van der Waals surface area contributed by atoms with Crippen molar-refractivity contribution in [2.45, 2.75) is 0 Å². The lowest BCUT2D eigenvalue weighted by Crippen LogP contribution is -2.08. The Morgan fingerprint density at radius 2 is 1.94 bits per heavy atom. The Morgan fingerprint density at radius 1 is 1.22 bits per heavy atom. The van der Waals surface area contributed by atoms with Crippen molar-refractivity contribution in [1.82, 2.24) is 0 Å². The van der Waals surface area contributed by atoms with Crippen LogP contribution in [0.1, 0.15) is 5.56 Å². The Morgan fingerprint density at radius 3 is 2.50 bits per heavy atom. The van der Waals surface area contributed by atoms with Gasteiger partial charge in [0.15, 0.2) is 11.5 Å². The Balaban J connectivity index is 2.96. The Labute approximate surface area is 109 Å². The van der Waals surface area contributed by atoms with Crippen LogP contribution in [0.25, 0.3) is 6.08 Å². The van der Waals surface area contributed by atoms with Gasteiger partial charge in [0.1, 0.15) is 0 Å². The van der Waals surface area contributed by atoms with E-state index in [2.05, 4.69) is 4.74 Å². The van der Waals surface area contributed by atoms with Crippen molar-refractivity contribution in [2.24, 2.45) is 0 Å². The summed E-state index contributed by atoms with van der Waals surface area (Å²) in [7, 11) is 2.64. The minimum absolute atomic E-state index is 0.221. The average molecular weight is 271 g/mol. The third-order valence-electron chi connectivity index (χ3n) is 1.95. The molecule has 1 aromatic carbocycles. The predicted octanol–water partition coefficient (Wildman–Crippen LogP) is 2.62. The van der Waals surface area contributed by atoms with E-state index < -0.39 is 11.4 Å². The summed E-state index contributed by atoms with van der Waals surface area (Å²) in [5, 5.41) is -0.580. The monoisotopic (exact) mass is 270 g/mol. The molecule has 0 radical (unpaired) electrons. The van der Waals surface area contributed by atoms with Crippen LogP contribution >= 0.6 is 11.6 Å². The third kappa shape index (κ3) is 4.10. The highest BCUT2D eigenvalue weighted by atomic mass is 35.5. The van der Waals surface area contributed by atoms with Gasteiger partial charge in [-0.25, -0.2) is 4.79 Å². The zero-order chi connectivity index (χ0) is 13.5. The predicted molar refractivity (Wildman–Crippen MR) is 65.9 cm³/mol. The van der Waals surface area contributed by atoms with Crippen molar-refractivity contribution in [2.75, 3.05) is 14.2 Å². The number of rotatable bonds is 4. The van der Waals surface area contributed by atoms with E-state index in [0.29, 0.717) is 11.3 Å². The highest BCUT2D eigenvalue weighted by Crippen LogP contribution is 2.28. The second-order valence-corrected chi connectivity index (χ2v) is 3.48. The Hall–Kier alpha value is -2.01. The molecule has 0 bridgehead atoms. The molecule has 0 saturated heterocycles. The molecular weight excluding hydrogens is 260 g/mol. The molecular formula is C12H11ClO5. The van der Waals surface area contributed by atoms with Crippen LogP contribution in [-0.4, -0.2) is 25.6 Å². The summed E-state index contributed by atoms with van der Waals surface area (Å²) in [5.74, 6) is 0.559. The summed E-state index contributed by atoms with van der Waals surface area (Å²) in [5.41, 5.74) is 0.679. The van der Waals surface area contributed by atoms with Gasteiger partial charge >= 0.3 is 6.16 Å². The molecule has 96 valence electrons. The van der Waals surface area contributed by atoms with Gasteiger partial charge in [-0.2, -0.15) is 0 Å². The molecule has 0 aliphatic rings. The zero-order valence-corrected chi connectivity index (χ0v) is 10.6. The van der Waals surface area contributed by atoms with Crippen LogP contribution in [0.3, 0.4) is 0 Å². The van der Waals surface area contributed by atoms with Crippen molar-refractivity contribution in [3.8, 4) is 11.5 Å². The van der Waals surface area contributed by atoms with E-state index in [1.165, 1.54) is 32.4 Å². The van der Waals surface area contributed by atoms with Gasteiger partial charge in [-0.1, -0.05) is 12.1 Å². The highest BCUT2D eigenvalue weighted by molar-refractivity contribution is 6.66. The standard InChI is InChI=1S/C12H11ClO5/c1-16-10-7-8(4-6-11(13)14)3-5-9(10)18-12(15)17-2/h3-7H,1-2H3/b6-4+. The van der Waals surface area contributed by atoms with Crippen molar-refractivity contribution in [3.05, 3.63) is 29.8 Å². The summed E-state index contributed by atoms with van der Waals surface area (Å²) in [6.07, 6.45) is 1.88. The summed E-state index contributed by atoms with van der Waals surface area (Å²) >= 11 is 5.18. The molecule has 0 heterocycles. The fourth-order valence-corrected chi connectivity index (χ4v) is 1.23. The van der Waals surface area contributed by atoms with Crippen molar-refractivity contribution >= 4 is 29.1 Å². The lowest BCUT2D eigenvalue weighted by atomic mass is 10.2. The summed E-state index contributed by atoms with van der Waals surface area (Å²) in [4.78, 5) is 21.6. The summed E-state index contributed by atoms with van der Waals surface area (Å²) in [6, 6.07) is 4.75. The SMILES string of the molecule is COC(=O)Oc1ccc(/C=C/C(=O)Cl)cc1OC. The molecule has 1 rings (SSSR count). The van der Waals surface area contributed by atoms with E-state index in [9.17, 15) is 9.59 Å². The first kappa shape index (κ1) is 14.1. The molecule has 6 heteroatoms. The second-order valence-electron chi connectivity index (χ2n) is 3.10. The van der Waals surface area contributed by atoms with Gasteiger partial charge in [0.2, 0.25) is 5.24 Å². The topological polar surface area (TPSA) is 61.8 Å². The third-order valence-corrected chi connectivity index (χ3v) is 2.08. The molecule has 0 atom stereocenters. The summed E-state index contributed by atoms with van der Waals surface area (Å²) in [6.45, 7) is 0.